The van der Waals surface area contributed by atoms with E-state index in [0.29, 0.717) is 17.3 Å². The molecule has 0 aliphatic rings. The van der Waals surface area contributed by atoms with Crippen molar-refractivity contribution >= 4 is 17.7 Å². The highest BCUT2D eigenvalue weighted by molar-refractivity contribution is 7.98. The normalized spacial score (nSPS) is 10.8. The van der Waals surface area contributed by atoms with Gasteiger partial charge in [0, 0.05) is 17.9 Å². The first kappa shape index (κ1) is 19.8. The molecule has 4 rings (SSSR count). The molecule has 0 bridgehead atoms. The maximum Gasteiger partial charge on any atom is 0.335 e. The molecule has 0 aliphatic carbocycles. The molecule has 7 heteroatoms. The number of hydrogen-bond donors (Lipinski definition) is 1. The van der Waals surface area contributed by atoms with E-state index in [9.17, 15) is 9.18 Å². The van der Waals surface area contributed by atoms with Gasteiger partial charge in [-0.3, -0.25) is 4.57 Å². The summed E-state index contributed by atoms with van der Waals surface area (Å²) in [6.07, 6.45) is 0.596. The summed E-state index contributed by atoms with van der Waals surface area (Å²) in [7, 11) is 0. The number of carboxylic acid groups (broad SMARTS) is 1. The van der Waals surface area contributed by atoms with Crippen LogP contribution in [-0.4, -0.2) is 25.8 Å². The lowest BCUT2D eigenvalue weighted by Crippen LogP contribution is -2.04. The van der Waals surface area contributed by atoms with Crippen molar-refractivity contribution in [3.05, 3.63) is 107 Å². The molecule has 1 aromatic heterocycles. The molecule has 0 unspecified atom stereocenters. The summed E-state index contributed by atoms with van der Waals surface area (Å²) in [5, 5.41) is 18.5. The molecule has 30 heavy (non-hydrogen) atoms. The lowest BCUT2D eigenvalue weighted by Gasteiger charge is -2.10. The van der Waals surface area contributed by atoms with Gasteiger partial charge >= 0.3 is 5.97 Å². The average Bonchev–Trinajstić information content (AvgIpc) is 3.16. The summed E-state index contributed by atoms with van der Waals surface area (Å²) in [4.78, 5) is 11.0. The van der Waals surface area contributed by atoms with Crippen molar-refractivity contribution in [1.29, 1.82) is 0 Å². The molecule has 150 valence electrons. The Kier molecular flexibility index (Phi) is 5.90. The van der Waals surface area contributed by atoms with Crippen molar-refractivity contribution in [2.24, 2.45) is 0 Å². The predicted molar refractivity (Wildman–Crippen MR) is 114 cm³/mol. The molecular formula is C23H18FN3O2S. The summed E-state index contributed by atoms with van der Waals surface area (Å²) >= 11 is 1.49. The zero-order chi connectivity index (χ0) is 20.9. The molecule has 1 heterocycles. The van der Waals surface area contributed by atoms with Crippen LogP contribution in [0.2, 0.25) is 0 Å². The molecule has 0 atom stereocenters. The number of thioether (sulfide) groups is 1. The van der Waals surface area contributed by atoms with Crippen LogP contribution in [0.1, 0.15) is 27.3 Å². The van der Waals surface area contributed by atoms with Gasteiger partial charge in [-0.2, -0.15) is 0 Å². The highest BCUT2D eigenvalue weighted by Crippen LogP contribution is 2.26. The number of nitrogens with zero attached hydrogens (tertiary/aromatic N) is 3. The maximum absolute atomic E-state index is 13.4. The van der Waals surface area contributed by atoms with Gasteiger partial charge < -0.3 is 5.11 Å². The maximum atomic E-state index is 13.4. The van der Waals surface area contributed by atoms with Crippen molar-refractivity contribution in [1.82, 2.24) is 14.8 Å². The molecular weight excluding hydrogens is 401 g/mol. The van der Waals surface area contributed by atoms with E-state index in [1.807, 2.05) is 34.9 Å². The van der Waals surface area contributed by atoms with Crippen molar-refractivity contribution in [3.8, 4) is 5.69 Å². The van der Waals surface area contributed by atoms with Gasteiger partial charge in [0.1, 0.15) is 11.6 Å². The minimum Gasteiger partial charge on any atom is -0.478 e. The van der Waals surface area contributed by atoms with Gasteiger partial charge in [0.25, 0.3) is 0 Å². The SMILES string of the molecule is O=C(O)c1ccc(CSc2nnc(Cc3ccccc3)n2-c2ccc(F)cc2)cc1. The first-order valence-electron chi connectivity index (χ1n) is 9.29. The van der Waals surface area contributed by atoms with E-state index in [-0.39, 0.29) is 11.4 Å². The minimum atomic E-state index is -0.948. The number of carboxylic acids is 1. The Morgan fingerprint density at radius 2 is 1.60 bits per heavy atom. The first-order chi connectivity index (χ1) is 14.6. The van der Waals surface area contributed by atoms with Crippen LogP contribution in [0.5, 0.6) is 0 Å². The Morgan fingerprint density at radius 1 is 0.900 bits per heavy atom. The summed E-state index contributed by atoms with van der Waals surface area (Å²) in [5.41, 5.74) is 3.12. The van der Waals surface area contributed by atoms with E-state index in [2.05, 4.69) is 10.2 Å². The van der Waals surface area contributed by atoms with Gasteiger partial charge in [0.05, 0.1) is 5.56 Å². The summed E-state index contributed by atoms with van der Waals surface area (Å²) in [6.45, 7) is 0. The molecule has 0 saturated heterocycles. The average molecular weight is 419 g/mol. The standard InChI is InChI=1S/C23H18FN3O2S/c24-19-10-12-20(13-11-19)27-21(14-16-4-2-1-3-5-16)25-26-23(27)30-15-17-6-8-18(9-7-17)22(28)29/h1-13H,14-15H2,(H,28,29). The number of halogens is 1. The number of benzene rings is 3. The highest BCUT2D eigenvalue weighted by Gasteiger charge is 2.15. The lowest BCUT2D eigenvalue weighted by atomic mass is 10.1. The van der Waals surface area contributed by atoms with Gasteiger partial charge in [0.15, 0.2) is 5.16 Å². The number of rotatable bonds is 7. The van der Waals surface area contributed by atoms with Crippen LogP contribution < -0.4 is 0 Å². The Hall–Kier alpha value is -3.45. The Balaban J connectivity index is 1.61. The van der Waals surface area contributed by atoms with Gasteiger partial charge in [-0.15, -0.1) is 10.2 Å². The quantitative estimate of drug-likeness (QED) is 0.428. The fourth-order valence-electron chi connectivity index (χ4n) is 3.03. The van der Waals surface area contributed by atoms with Crippen LogP contribution in [0.4, 0.5) is 4.39 Å². The molecule has 3 aromatic carbocycles. The molecule has 1 N–H and O–H groups in total. The van der Waals surface area contributed by atoms with Crippen LogP contribution in [-0.2, 0) is 12.2 Å². The molecule has 0 saturated carbocycles. The highest BCUT2D eigenvalue weighted by atomic mass is 32.2. The largest absolute Gasteiger partial charge is 0.478 e. The number of carbonyl (C=O) groups is 1. The number of aromatic carboxylic acids is 1. The minimum absolute atomic E-state index is 0.253. The Morgan fingerprint density at radius 3 is 2.27 bits per heavy atom. The van der Waals surface area contributed by atoms with E-state index in [1.54, 1.807) is 36.4 Å². The molecule has 0 amide bonds. The van der Waals surface area contributed by atoms with E-state index in [1.165, 1.54) is 23.9 Å². The summed E-state index contributed by atoms with van der Waals surface area (Å²) < 4.78 is 15.4. The van der Waals surface area contributed by atoms with Crippen LogP contribution in [0.25, 0.3) is 5.69 Å². The molecule has 4 aromatic rings. The second-order valence-electron chi connectivity index (χ2n) is 6.66. The second kappa shape index (κ2) is 8.92. The third kappa shape index (κ3) is 4.58. The molecule has 0 fully saturated rings. The summed E-state index contributed by atoms with van der Waals surface area (Å²) in [5.74, 6) is 0.112. The van der Waals surface area contributed by atoms with Crippen LogP contribution in [0.3, 0.4) is 0 Å². The molecule has 0 aliphatic heterocycles. The number of hydrogen-bond acceptors (Lipinski definition) is 4. The lowest BCUT2D eigenvalue weighted by molar-refractivity contribution is 0.0697. The summed E-state index contributed by atoms with van der Waals surface area (Å²) in [6, 6.07) is 23.0. The van der Waals surface area contributed by atoms with Gasteiger partial charge in [-0.25, -0.2) is 9.18 Å². The smallest absolute Gasteiger partial charge is 0.335 e. The molecule has 5 nitrogen and oxygen atoms in total. The van der Waals surface area contributed by atoms with Crippen molar-refractivity contribution in [2.45, 2.75) is 17.3 Å². The van der Waals surface area contributed by atoms with E-state index in [0.717, 1.165) is 22.6 Å². The van der Waals surface area contributed by atoms with E-state index in [4.69, 9.17) is 5.11 Å². The topological polar surface area (TPSA) is 68.0 Å². The predicted octanol–water partition coefficient (Wildman–Crippen LogP) is 4.99. The Bertz CT molecular complexity index is 1140. The van der Waals surface area contributed by atoms with Crippen molar-refractivity contribution < 1.29 is 14.3 Å². The number of aromatic nitrogens is 3. The van der Waals surface area contributed by atoms with Crippen molar-refractivity contribution in [2.75, 3.05) is 0 Å². The third-order valence-electron chi connectivity index (χ3n) is 4.56. The second-order valence-corrected chi connectivity index (χ2v) is 7.61. The van der Waals surface area contributed by atoms with E-state index >= 15 is 0 Å². The zero-order valence-corrected chi connectivity index (χ0v) is 16.7. The fraction of sp³-hybridized carbons (Fsp3) is 0.0870. The zero-order valence-electron chi connectivity index (χ0n) is 15.9. The molecule has 0 spiro atoms. The van der Waals surface area contributed by atoms with Gasteiger partial charge in [0.2, 0.25) is 0 Å². The van der Waals surface area contributed by atoms with Crippen LogP contribution >= 0.6 is 11.8 Å². The van der Waals surface area contributed by atoms with Crippen LogP contribution in [0.15, 0.2) is 84.0 Å². The van der Waals surface area contributed by atoms with Crippen molar-refractivity contribution in [3.63, 3.8) is 0 Å². The van der Waals surface area contributed by atoms with Gasteiger partial charge in [-0.05, 0) is 47.5 Å². The molecule has 0 radical (unpaired) electrons. The third-order valence-corrected chi connectivity index (χ3v) is 5.56. The van der Waals surface area contributed by atoms with Gasteiger partial charge in [-0.1, -0.05) is 54.2 Å². The monoisotopic (exact) mass is 419 g/mol. The van der Waals surface area contributed by atoms with Crippen LogP contribution in [0, 0.1) is 5.82 Å². The fourth-order valence-corrected chi connectivity index (χ4v) is 3.95. The van der Waals surface area contributed by atoms with E-state index < -0.39 is 5.97 Å². The first-order valence-corrected chi connectivity index (χ1v) is 10.3. The Labute approximate surface area is 177 Å².